The number of carbonyl (C=O) groups is 1. The number of aromatic nitrogens is 3. The van der Waals surface area contributed by atoms with E-state index in [1.807, 2.05) is 19.9 Å². The zero-order valence-corrected chi connectivity index (χ0v) is 15.0. The molecule has 0 radical (unpaired) electrons. The summed E-state index contributed by atoms with van der Waals surface area (Å²) in [4.78, 5) is 37.3. The van der Waals surface area contributed by atoms with Gasteiger partial charge in [-0.15, -0.1) is 0 Å². The van der Waals surface area contributed by atoms with Crippen molar-refractivity contribution >= 4 is 11.6 Å². The largest absolute Gasteiger partial charge is 0.351 e. The third kappa shape index (κ3) is 3.69. The van der Waals surface area contributed by atoms with Gasteiger partial charge in [0.25, 0.3) is 11.5 Å². The molecule has 7 nitrogen and oxygen atoms in total. The molecule has 0 saturated carbocycles. The molecule has 0 saturated heterocycles. The van der Waals surface area contributed by atoms with Gasteiger partial charge in [0.2, 0.25) is 5.69 Å². The van der Waals surface area contributed by atoms with Gasteiger partial charge in [0.1, 0.15) is 5.82 Å². The molecule has 138 valence electrons. The lowest BCUT2D eigenvalue weighted by Crippen LogP contribution is -2.43. The fourth-order valence-corrected chi connectivity index (χ4v) is 2.70. The van der Waals surface area contributed by atoms with Crippen LogP contribution in [0.15, 0.2) is 52.1 Å². The van der Waals surface area contributed by atoms with Crippen LogP contribution < -0.4 is 16.6 Å². The quantitative estimate of drug-likeness (QED) is 0.766. The van der Waals surface area contributed by atoms with E-state index in [0.717, 1.165) is 32.5 Å². The van der Waals surface area contributed by atoms with Gasteiger partial charge in [-0.05, 0) is 61.4 Å². The van der Waals surface area contributed by atoms with Crippen molar-refractivity contribution in [2.75, 3.05) is 5.32 Å². The third-order valence-electron chi connectivity index (χ3n) is 3.94. The minimum absolute atomic E-state index is 0.234. The first kappa shape index (κ1) is 18.2. The number of benzene rings is 2. The maximum absolute atomic E-state index is 13.1. The molecular weight excluding hydrogens is 351 g/mol. The van der Waals surface area contributed by atoms with Gasteiger partial charge in [-0.3, -0.25) is 14.2 Å². The van der Waals surface area contributed by atoms with E-state index in [9.17, 15) is 18.8 Å². The van der Waals surface area contributed by atoms with Crippen molar-refractivity contribution in [3.8, 4) is 5.69 Å². The van der Waals surface area contributed by atoms with Gasteiger partial charge in [-0.25, -0.2) is 9.18 Å². The molecule has 1 heterocycles. The van der Waals surface area contributed by atoms with Gasteiger partial charge in [0.05, 0.1) is 5.69 Å². The predicted molar refractivity (Wildman–Crippen MR) is 98.9 cm³/mol. The second kappa shape index (κ2) is 6.99. The molecule has 1 aromatic heterocycles. The van der Waals surface area contributed by atoms with Gasteiger partial charge in [0, 0.05) is 12.7 Å². The van der Waals surface area contributed by atoms with Crippen molar-refractivity contribution in [1.29, 1.82) is 0 Å². The fourth-order valence-electron chi connectivity index (χ4n) is 2.70. The highest BCUT2D eigenvalue weighted by atomic mass is 19.1. The number of rotatable bonds is 3. The lowest BCUT2D eigenvalue weighted by molar-refractivity contribution is 0.101. The number of aryl methyl sites for hydroxylation is 2. The molecule has 8 heteroatoms. The number of hydrogen-bond acceptors (Lipinski definition) is 4. The van der Waals surface area contributed by atoms with Gasteiger partial charge < -0.3 is 5.32 Å². The molecule has 1 N–H and O–H groups in total. The standard InChI is InChI=1S/C19H17FN4O3/c1-11-8-12(2)10-14(9-11)21-17(25)16-18(26)23(3)19(27)24(22-16)15-6-4-13(20)5-7-15/h4-10H,1-3H3,(H,21,25). The smallest absolute Gasteiger partial charge is 0.320 e. The van der Waals surface area contributed by atoms with Gasteiger partial charge >= 0.3 is 5.69 Å². The summed E-state index contributed by atoms with van der Waals surface area (Å²) in [6.07, 6.45) is 0. The lowest BCUT2D eigenvalue weighted by atomic mass is 10.1. The Kier molecular flexibility index (Phi) is 4.72. The maximum Gasteiger partial charge on any atom is 0.351 e. The van der Waals surface area contributed by atoms with Crippen molar-refractivity contribution in [2.24, 2.45) is 7.05 Å². The van der Waals surface area contributed by atoms with Gasteiger partial charge in [0.15, 0.2) is 0 Å². The molecule has 0 spiro atoms. The van der Waals surface area contributed by atoms with E-state index in [4.69, 9.17) is 0 Å². The molecule has 0 aliphatic rings. The second-order valence-corrected chi connectivity index (χ2v) is 6.21. The van der Waals surface area contributed by atoms with Crippen molar-refractivity contribution in [3.05, 3.63) is 85.9 Å². The van der Waals surface area contributed by atoms with Crippen LogP contribution in [0.2, 0.25) is 0 Å². The molecule has 1 amide bonds. The van der Waals surface area contributed by atoms with Crippen LogP contribution in [0, 0.1) is 19.7 Å². The third-order valence-corrected chi connectivity index (χ3v) is 3.94. The first-order chi connectivity index (χ1) is 12.8. The lowest BCUT2D eigenvalue weighted by Gasteiger charge is -2.10. The number of anilines is 1. The fraction of sp³-hybridized carbons (Fsp3) is 0.158. The Balaban J connectivity index is 2.07. The normalized spacial score (nSPS) is 10.7. The van der Waals surface area contributed by atoms with Crippen molar-refractivity contribution in [2.45, 2.75) is 13.8 Å². The summed E-state index contributed by atoms with van der Waals surface area (Å²) in [5.41, 5.74) is 0.638. The summed E-state index contributed by atoms with van der Waals surface area (Å²) in [6, 6.07) is 10.4. The van der Waals surface area contributed by atoms with E-state index in [0.29, 0.717) is 5.69 Å². The molecule has 3 aromatic rings. The Hall–Kier alpha value is -3.55. The minimum atomic E-state index is -0.819. The zero-order chi connectivity index (χ0) is 19.7. The predicted octanol–water partition coefficient (Wildman–Crippen LogP) is 1.94. The van der Waals surface area contributed by atoms with E-state index in [1.165, 1.54) is 19.2 Å². The monoisotopic (exact) mass is 368 g/mol. The van der Waals surface area contributed by atoms with Crippen molar-refractivity contribution < 1.29 is 9.18 Å². The molecule has 27 heavy (non-hydrogen) atoms. The molecule has 0 unspecified atom stereocenters. The van der Waals surface area contributed by atoms with Crippen LogP contribution in [-0.4, -0.2) is 20.3 Å². The highest BCUT2D eigenvalue weighted by Crippen LogP contribution is 2.14. The topological polar surface area (TPSA) is 86.0 Å². The average molecular weight is 368 g/mol. The molecule has 2 aromatic carbocycles. The van der Waals surface area contributed by atoms with Crippen LogP contribution in [0.5, 0.6) is 0 Å². The second-order valence-electron chi connectivity index (χ2n) is 6.21. The number of hydrogen-bond donors (Lipinski definition) is 1. The Morgan fingerprint density at radius 2 is 1.63 bits per heavy atom. The van der Waals surface area contributed by atoms with Gasteiger partial charge in [-0.2, -0.15) is 9.78 Å². The van der Waals surface area contributed by atoms with Crippen LogP contribution in [0.1, 0.15) is 21.6 Å². The molecule has 0 atom stereocenters. The van der Waals surface area contributed by atoms with Crippen LogP contribution in [0.4, 0.5) is 10.1 Å². The van der Waals surface area contributed by atoms with E-state index >= 15 is 0 Å². The zero-order valence-electron chi connectivity index (χ0n) is 15.0. The maximum atomic E-state index is 13.1. The highest BCUT2D eigenvalue weighted by molar-refractivity contribution is 6.02. The molecule has 0 aliphatic heterocycles. The Morgan fingerprint density at radius 3 is 2.22 bits per heavy atom. The molecule has 0 aliphatic carbocycles. The number of amides is 1. The van der Waals surface area contributed by atoms with Crippen molar-refractivity contribution in [3.63, 3.8) is 0 Å². The molecular formula is C19H17FN4O3. The Bertz CT molecular complexity index is 1130. The van der Waals surface area contributed by atoms with Crippen LogP contribution in [0.25, 0.3) is 5.69 Å². The van der Waals surface area contributed by atoms with E-state index in [2.05, 4.69) is 10.4 Å². The van der Waals surface area contributed by atoms with Crippen LogP contribution in [0.3, 0.4) is 0 Å². The number of nitrogens with one attached hydrogen (secondary N) is 1. The van der Waals surface area contributed by atoms with Crippen LogP contribution >= 0.6 is 0 Å². The summed E-state index contributed by atoms with van der Waals surface area (Å²) in [7, 11) is 1.25. The first-order valence-corrected chi connectivity index (χ1v) is 8.12. The first-order valence-electron chi connectivity index (χ1n) is 8.12. The Labute approximate surface area is 153 Å². The number of carbonyl (C=O) groups excluding carboxylic acids is 1. The summed E-state index contributed by atoms with van der Waals surface area (Å²) < 4.78 is 14.8. The number of nitrogens with zero attached hydrogens (tertiary/aromatic N) is 3. The summed E-state index contributed by atoms with van der Waals surface area (Å²) in [5.74, 6) is -1.22. The summed E-state index contributed by atoms with van der Waals surface area (Å²) in [5, 5.41) is 6.53. The van der Waals surface area contributed by atoms with E-state index in [1.54, 1.807) is 12.1 Å². The highest BCUT2D eigenvalue weighted by Gasteiger charge is 2.19. The van der Waals surface area contributed by atoms with Crippen LogP contribution in [-0.2, 0) is 7.05 Å². The molecule has 0 fully saturated rings. The summed E-state index contributed by atoms with van der Waals surface area (Å²) in [6.45, 7) is 3.77. The number of halogens is 1. The molecule has 3 rings (SSSR count). The average Bonchev–Trinajstić information content (AvgIpc) is 2.60. The molecule has 0 bridgehead atoms. The van der Waals surface area contributed by atoms with Gasteiger partial charge in [-0.1, -0.05) is 6.07 Å². The Morgan fingerprint density at radius 1 is 1.04 bits per heavy atom. The van der Waals surface area contributed by atoms with E-state index in [-0.39, 0.29) is 5.69 Å². The van der Waals surface area contributed by atoms with Crippen molar-refractivity contribution in [1.82, 2.24) is 14.3 Å². The summed E-state index contributed by atoms with van der Waals surface area (Å²) >= 11 is 0. The van der Waals surface area contributed by atoms with E-state index < -0.39 is 28.7 Å². The minimum Gasteiger partial charge on any atom is -0.320 e. The SMILES string of the molecule is Cc1cc(C)cc(NC(=O)c2nn(-c3ccc(F)cc3)c(=O)n(C)c2=O)c1.